The zero-order chi connectivity index (χ0) is 20.9. The monoisotopic (exact) mass is 395 g/mol. The van der Waals surface area contributed by atoms with E-state index >= 15 is 0 Å². The van der Waals surface area contributed by atoms with Crippen LogP contribution >= 0.6 is 0 Å². The summed E-state index contributed by atoms with van der Waals surface area (Å²) in [5.74, 6) is -0.429. The Bertz CT molecular complexity index is 1210. The van der Waals surface area contributed by atoms with Crippen LogP contribution in [0.3, 0.4) is 0 Å². The normalized spacial score (nSPS) is 10.6. The van der Waals surface area contributed by atoms with E-state index in [1.165, 1.54) is 0 Å². The van der Waals surface area contributed by atoms with Gasteiger partial charge in [0.05, 0.1) is 11.2 Å². The predicted molar refractivity (Wildman–Crippen MR) is 118 cm³/mol. The quantitative estimate of drug-likeness (QED) is 0.513. The van der Waals surface area contributed by atoms with Crippen LogP contribution in [-0.4, -0.2) is 16.8 Å². The molecule has 5 nitrogen and oxygen atoms in total. The van der Waals surface area contributed by atoms with E-state index in [0.29, 0.717) is 23.4 Å². The van der Waals surface area contributed by atoms with Crippen molar-refractivity contribution in [3.63, 3.8) is 0 Å². The predicted octanol–water partition coefficient (Wildman–Crippen LogP) is 4.73. The van der Waals surface area contributed by atoms with Gasteiger partial charge in [-0.05, 0) is 48.9 Å². The highest BCUT2D eigenvalue weighted by molar-refractivity contribution is 6.08. The van der Waals surface area contributed by atoms with Crippen molar-refractivity contribution in [1.29, 1.82) is 0 Å². The summed E-state index contributed by atoms with van der Waals surface area (Å²) < 4.78 is 0. The minimum Gasteiger partial charge on any atom is -0.348 e. The van der Waals surface area contributed by atoms with E-state index in [1.54, 1.807) is 30.5 Å². The Kier molecular flexibility index (Phi) is 5.52. The number of fused-ring (bicyclic) bond motifs is 1. The van der Waals surface area contributed by atoms with Gasteiger partial charge in [-0.2, -0.15) is 0 Å². The van der Waals surface area contributed by atoms with E-state index < -0.39 is 0 Å². The molecular formula is C25H21N3O2. The number of aromatic nitrogens is 1. The van der Waals surface area contributed by atoms with Crippen LogP contribution in [0.2, 0.25) is 0 Å². The lowest BCUT2D eigenvalue weighted by atomic mass is 10.1. The Morgan fingerprint density at radius 1 is 0.833 bits per heavy atom. The van der Waals surface area contributed by atoms with Crippen molar-refractivity contribution < 1.29 is 9.59 Å². The smallest absolute Gasteiger partial charge is 0.255 e. The minimum atomic E-state index is -0.250. The third-order valence-corrected chi connectivity index (χ3v) is 4.83. The first-order valence-electron chi connectivity index (χ1n) is 9.69. The Morgan fingerprint density at radius 2 is 1.53 bits per heavy atom. The van der Waals surface area contributed by atoms with Gasteiger partial charge in [0, 0.05) is 29.3 Å². The SMILES string of the molecule is Cc1cccc(CNC(=O)c2ccc(C(=O)Nc3cccc4cccnc34)cc2)c1. The third kappa shape index (κ3) is 4.36. The Balaban J connectivity index is 1.42. The fourth-order valence-corrected chi connectivity index (χ4v) is 3.28. The highest BCUT2D eigenvalue weighted by Crippen LogP contribution is 2.21. The zero-order valence-corrected chi connectivity index (χ0v) is 16.6. The van der Waals surface area contributed by atoms with Crippen molar-refractivity contribution in [2.45, 2.75) is 13.5 Å². The lowest BCUT2D eigenvalue weighted by molar-refractivity contribution is 0.0949. The second-order valence-corrected chi connectivity index (χ2v) is 7.08. The molecule has 0 aliphatic rings. The van der Waals surface area contributed by atoms with Gasteiger partial charge in [0.25, 0.3) is 11.8 Å². The minimum absolute atomic E-state index is 0.179. The average molecular weight is 395 g/mol. The van der Waals surface area contributed by atoms with E-state index in [1.807, 2.05) is 61.5 Å². The molecule has 4 rings (SSSR count). The summed E-state index contributed by atoms with van der Waals surface area (Å²) in [5, 5.41) is 6.76. The Hall–Kier alpha value is -3.99. The van der Waals surface area contributed by atoms with Crippen LogP contribution in [0.1, 0.15) is 31.8 Å². The van der Waals surface area contributed by atoms with Crippen LogP contribution in [0.15, 0.2) is 85.1 Å². The third-order valence-electron chi connectivity index (χ3n) is 4.83. The first-order chi connectivity index (χ1) is 14.6. The maximum Gasteiger partial charge on any atom is 0.255 e. The summed E-state index contributed by atoms with van der Waals surface area (Å²) >= 11 is 0. The summed E-state index contributed by atoms with van der Waals surface area (Å²) in [7, 11) is 0. The number of amides is 2. The molecule has 0 radical (unpaired) electrons. The van der Waals surface area contributed by atoms with Gasteiger partial charge in [-0.3, -0.25) is 14.6 Å². The largest absolute Gasteiger partial charge is 0.348 e. The van der Waals surface area contributed by atoms with Crippen LogP contribution in [0.25, 0.3) is 10.9 Å². The molecule has 148 valence electrons. The number of para-hydroxylation sites is 1. The highest BCUT2D eigenvalue weighted by Gasteiger charge is 2.11. The zero-order valence-electron chi connectivity index (χ0n) is 16.6. The number of benzene rings is 3. The second-order valence-electron chi connectivity index (χ2n) is 7.08. The van der Waals surface area contributed by atoms with Crippen molar-refractivity contribution in [1.82, 2.24) is 10.3 Å². The van der Waals surface area contributed by atoms with Gasteiger partial charge in [0.1, 0.15) is 0 Å². The average Bonchev–Trinajstić information content (AvgIpc) is 2.78. The number of carbonyl (C=O) groups excluding carboxylic acids is 2. The molecule has 2 N–H and O–H groups in total. The molecule has 0 atom stereocenters. The molecule has 0 aliphatic heterocycles. The van der Waals surface area contributed by atoms with Crippen LogP contribution < -0.4 is 10.6 Å². The van der Waals surface area contributed by atoms with Crippen molar-refractivity contribution in [2.24, 2.45) is 0 Å². The van der Waals surface area contributed by atoms with Crippen LogP contribution in [0.5, 0.6) is 0 Å². The number of anilines is 1. The van der Waals surface area contributed by atoms with E-state index in [9.17, 15) is 9.59 Å². The van der Waals surface area contributed by atoms with Crippen molar-refractivity contribution in [2.75, 3.05) is 5.32 Å². The van der Waals surface area contributed by atoms with Crippen LogP contribution in [-0.2, 0) is 6.54 Å². The van der Waals surface area contributed by atoms with Gasteiger partial charge in [-0.15, -0.1) is 0 Å². The number of nitrogens with one attached hydrogen (secondary N) is 2. The first kappa shape index (κ1) is 19.3. The van der Waals surface area contributed by atoms with Crippen molar-refractivity contribution >= 4 is 28.4 Å². The molecular weight excluding hydrogens is 374 g/mol. The van der Waals surface area contributed by atoms with Crippen molar-refractivity contribution in [3.8, 4) is 0 Å². The van der Waals surface area contributed by atoms with Gasteiger partial charge in [-0.1, -0.05) is 48.0 Å². The van der Waals surface area contributed by atoms with E-state index in [-0.39, 0.29) is 11.8 Å². The summed E-state index contributed by atoms with van der Waals surface area (Å²) in [5.41, 5.74) is 4.56. The van der Waals surface area contributed by atoms with Crippen LogP contribution in [0.4, 0.5) is 5.69 Å². The molecule has 0 aliphatic carbocycles. The molecule has 0 bridgehead atoms. The number of hydrogen-bond acceptors (Lipinski definition) is 3. The van der Waals surface area contributed by atoms with E-state index in [2.05, 4.69) is 15.6 Å². The lowest BCUT2D eigenvalue weighted by Crippen LogP contribution is -2.23. The molecule has 5 heteroatoms. The molecule has 0 fully saturated rings. The molecule has 0 saturated heterocycles. The maximum atomic E-state index is 12.6. The lowest BCUT2D eigenvalue weighted by Gasteiger charge is -2.09. The number of carbonyl (C=O) groups is 2. The Labute approximate surface area is 174 Å². The highest BCUT2D eigenvalue weighted by atomic mass is 16.2. The second kappa shape index (κ2) is 8.57. The Morgan fingerprint density at radius 3 is 2.30 bits per heavy atom. The number of hydrogen-bond donors (Lipinski definition) is 2. The standard InChI is InChI=1S/C25H21N3O2/c1-17-5-2-6-18(15-17)16-27-24(29)20-10-12-21(13-11-20)25(30)28-22-9-3-7-19-8-4-14-26-23(19)22/h2-15H,16H2,1H3,(H,27,29)(H,28,30). The molecule has 3 aromatic carbocycles. The van der Waals surface area contributed by atoms with Crippen LogP contribution in [0, 0.1) is 6.92 Å². The molecule has 0 saturated carbocycles. The summed E-state index contributed by atoms with van der Waals surface area (Å²) in [4.78, 5) is 29.4. The van der Waals surface area contributed by atoms with Gasteiger partial charge >= 0.3 is 0 Å². The molecule has 1 heterocycles. The fraction of sp³-hybridized carbons (Fsp3) is 0.0800. The summed E-state index contributed by atoms with van der Waals surface area (Å²) in [6.45, 7) is 2.47. The number of nitrogens with zero attached hydrogens (tertiary/aromatic N) is 1. The van der Waals surface area contributed by atoms with Gasteiger partial charge < -0.3 is 10.6 Å². The number of rotatable bonds is 5. The summed E-state index contributed by atoms with van der Waals surface area (Å²) in [6.07, 6.45) is 1.70. The van der Waals surface area contributed by atoms with Gasteiger partial charge in [0.15, 0.2) is 0 Å². The molecule has 0 unspecified atom stereocenters. The number of pyridine rings is 1. The number of aryl methyl sites for hydroxylation is 1. The molecule has 1 aromatic heterocycles. The van der Waals surface area contributed by atoms with Gasteiger partial charge in [0.2, 0.25) is 0 Å². The molecule has 4 aromatic rings. The fourth-order valence-electron chi connectivity index (χ4n) is 3.28. The molecule has 30 heavy (non-hydrogen) atoms. The first-order valence-corrected chi connectivity index (χ1v) is 9.69. The van der Waals surface area contributed by atoms with E-state index in [0.717, 1.165) is 22.0 Å². The maximum absolute atomic E-state index is 12.6. The molecule has 2 amide bonds. The van der Waals surface area contributed by atoms with E-state index in [4.69, 9.17) is 0 Å². The van der Waals surface area contributed by atoms with Crippen molar-refractivity contribution in [3.05, 3.63) is 107 Å². The topological polar surface area (TPSA) is 71.1 Å². The molecule has 0 spiro atoms. The summed E-state index contributed by atoms with van der Waals surface area (Å²) in [6, 6.07) is 24.1. The van der Waals surface area contributed by atoms with Gasteiger partial charge in [-0.25, -0.2) is 0 Å².